The van der Waals surface area contributed by atoms with Gasteiger partial charge in [-0.15, -0.1) is 0 Å². The number of amides is 3. The lowest BCUT2D eigenvalue weighted by molar-refractivity contribution is -0.265. The minimum absolute atomic E-state index is 0.0860. The van der Waals surface area contributed by atoms with Crippen molar-refractivity contribution in [2.24, 2.45) is 5.73 Å². The highest BCUT2D eigenvalue weighted by Gasteiger charge is 2.57. The van der Waals surface area contributed by atoms with Crippen molar-refractivity contribution in [3.8, 4) is 17.0 Å². The maximum absolute atomic E-state index is 14.5. The number of methoxy groups -OCH3 is 1. The lowest BCUT2D eigenvalue weighted by atomic mass is 9.81. The Morgan fingerprint density at radius 2 is 1.79 bits per heavy atom. The standard InChI is InChI=1S/C27H23F5N4O6/c1-25(23(33)38)12-42-21-16(25)10-19(36-20(21)13-3-6-15(28)7-4-13)26(40,27(30,31)32)11-34-22(37)14-5-8-17(29)18(9-14)35-24(39)41-2/h3-10,40H,11-12H2,1-2H3,(H2,33,38)(H,34,37)(H,35,39)/t25-,26-/m0/s1. The van der Waals surface area contributed by atoms with Crippen LogP contribution in [-0.2, 0) is 20.5 Å². The minimum Gasteiger partial charge on any atom is -0.489 e. The quantitative estimate of drug-likeness (QED) is 0.306. The van der Waals surface area contributed by atoms with Crippen molar-refractivity contribution in [3.05, 3.63) is 77.0 Å². The fourth-order valence-electron chi connectivity index (χ4n) is 4.17. The van der Waals surface area contributed by atoms with Gasteiger partial charge < -0.3 is 25.6 Å². The van der Waals surface area contributed by atoms with Crippen LogP contribution < -0.4 is 21.1 Å². The highest BCUT2D eigenvalue weighted by Crippen LogP contribution is 2.47. The highest BCUT2D eigenvalue weighted by atomic mass is 19.4. The molecule has 4 rings (SSSR count). The third kappa shape index (κ3) is 5.42. The molecule has 2 atom stereocenters. The molecule has 0 fully saturated rings. The maximum atomic E-state index is 14.5. The summed E-state index contributed by atoms with van der Waals surface area (Å²) >= 11 is 0. The third-order valence-corrected chi connectivity index (χ3v) is 6.78. The highest BCUT2D eigenvalue weighted by molar-refractivity contribution is 5.96. The number of nitrogens with two attached hydrogens (primary N) is 1. The molecular weight excluding hydrogens is 571 g/mol. The van der Waals surface area contributed by atoms with Crippen LogP contribution in [0.5, 0.6) is 5.75 Å². The molecule has 42 heavy (non-hydrogen) atoms. The van der Waals surface area contributed by atoms with Gasteiger partial charge in [0.25, 0.3) is 5.91 Å². The number of carbonyl (C=O) groups excluding carboxylic acids is 3. The number of ether oxygens (including phenoxy) is 2. The van der Waals surface area contributed by atoms with Gasteiger partial charge in [0.15, 0.2) is 0 Å². The summed E-state index contributed by atoms with van der Waals surface area (Å²) in [7, 11) is 1.01. The van der Waals surface area contributed by atoms with Crippen LogP contribution in [-0.4, -0.2) is 54.4 Å². The molecule has 10 nitrogen and oxygen atoms in total. The topological polar surface area (TPSA) is 153 Å². The van der Waals surface area contributed by atoms with Crippen LogP contribution in [0.3, 0.4) is 0 Å². The number of aliphatic hydroxyl groups is 1. The minimum atomic E-state index is -5.44. The number of benzene rings is 2. The van der Waals surface area contributed by atoms with E-state index in [2.05, 4.69) is 9.72 Å². The van der Waals surface area contributed by atoms with Crippen LogP contribution in [0, 0.1) is 11.6 Å². The second kappa shape index (κ2) is 10.9. The molecule has 0 unspecified atom stereocenters. The zero-order valence-corrected chi connectivity index (χ0v) is 21.9. The number of pyridine rings is 1. The average Bonchev–Trinajstić information content (AvgIpc) is 3.29. The molecule has 3 aromatic rings. The van der Waals surface area contributed by atoms with E-state index < -0.39 is 64.7 Å². The van der Waals surface area contributed by atoms with Crippen LogP contribution in [0.1, 0.15) is 28.5 Å². The number of primary amides is 1. The summed E-state index contributed by atoms with van der Waals surface area (Å²) < 4.78 is 81.1. The Kier molecular flexibility index (Phi) is 7.82. The van der Waals surface area contributed by atoms with Gasteiger partial charge in [0, 0.05) is 16.7 Å². The van der Waals surface area contributed by atoms with Crippen LogP contribution in [0.25, 0.3) is 11.3 Å². The number of anilines is 1. The SMILES string of the molecule is COC(=O)Nc1cc(C(=O)NC[C@](O)(c2cc3c(c(-c4ccc(F)cc4)n2)OC[C@]3(C)C(N)=O)C(F)(F)F)ccc1F. The number of hydrogen-bond acceptors (Lipinski definition) is 7. The number of halogens is 5. The Morgan fingerprint density at radius 1 is 1.12 bits per heavy atom. The second-order valence-electron chi connectivity index (χ2n) is 9.58. The predicted octanol–water partition coefficient (Wildman–Crippen LogP) is 3.52. The molecule has 0 saturated heterocycles. The number of aromatic nitrogens is 1. The monoisotopic (exact) mass is 594 g/mol. The van der Waals surface area contributed by atoms with Gasteiger partial charge in [-0.3, -0.25) is 14.9 Å². The van der Waals surface area contributed by atoms with Gasteiger partial charge in [0.2, 0.25) is 11.5 Å². The third-order valence-electron chi connectivity index (χ3n) is 6.78. The summed E-state index contributed by atoms with van der Waals surface area (Å²) in [6, 6.07) is 7.89. The van der Waals surface area contributed by atoms with Crippen LogP contribution >= 0.6 is 0 Å². The molecule has 0 spiro atoms. The van der Waals surface area contributed by atoms with Crippen LogP contribution in [0.4, 0.5) is 32.4 Å². The van der Waals surface area contributed by atoms with E-state index in [4.69, 9.17) is 10.5 Å². The zero-order chi connectivity index (χ0) is 31.0. The fourth-order valence-corrected chi connectivity index (χ4v) is 4.17. The number of nitrogens with one attached hydrogen (secondary N) is 2. The molecule has 0 bridgehead atoms. The summed E-state index contributed by atoms with van der Waals surface area (Å²) in [4.78, 5) is 40.5. The van der Waals surface area contributed by atoms with Crippen molar-refractivity contribution in [1.29, 1.82) is 0 Å². The van der Waals surface area contributed by atoms with E-state index in [0.29, 0.717) is 0 Å². The van der Waals surface area contributed by atoms with Crippen molar-refractivity contribution in [2.75, 3.05) is 25.6 Å². The first kappa shape index (κ1) is 30.2. The van der Waals surface area contributed by atoms with Gasteiger partial charge in [-0.1, -0.05) is 0 Å². The molecule has 15 heteroatoms. The lowest BCUT2D eigenvalue weighted by Crippen LogP contribution is -2.51. The van der Waals surface area contributed by atoms with Crippen LogP contribution in [0.15, 0.2) is 48.5 Å². The maximum Gasteiger partial charge on any atom is 0.424 e. The number of rotatable bonds is 7. The Morgan fingerprint density at radius 3 is 2.38 bits per heavy atom. The van der Waals surface area contributed by atoms with Crippen molar-refractivity contribution >= 4 is 23.6 Å². The van der Waals surface area contributed by atoms with Gasteiger partial charge in [-0.05, 0) is 55.5 Å². The number of hydrogen-bond donors (Lipinski definition) is 4. The van der Waals surface area contributed by atoms with E-state index in [-0.39, 0.29) is 34.7 Å². The van der Waals surface area contributed by atoms with E-state index in [1.54, 1.807) is 0 Å². The average molecular weight is 594 g/mol. The van der Waals surface area contributed by atoms with Gasteiger partial charge in [0.1, 0.15) is 35.1 Å². The molecule has 0 radical (unpaired) electrons. The first-order valence-electron chi connectivity index (χ1n) is 12.1. The van der Waals surface area contributed by atoms with Crippen LogP contribution in [0.2, 0.25) is 0 Å². The summed E-state index contributed by atoms with van der Waals surface area (Å²) in [5.41, 5.74) is -2.02. The molecule has 5 N–H and O–H groups in total. The Hall–Kier alpha value is -4.79. The molecule has 1 aliphatic heterocycles. The zero-order valence-electron chi connectivity index (χ0n) is 21.9. The molecule has 222 valence electrons. The van der Waals surface area contributed by atoms with Gasteiger partial charge >= 0.3 is 12.3 Å². The Bertz CT molecular complexity index is 1570. The molecular formula is C27H23F5N4O6. The molecule has 3 amide bonds. The molecule has 1 aromatic heterocycles. The second-order valence-corrected chi connectivity index (χ2v) is 9.58. The smallest absolute Gasteiger partial charge is 0.424 e. The number of carbonyl (C=O) groups is 3. The van der Waals surface area contributed by atoms with Gasteiger partial charge in [-0.2, -0.15) is 13.2 Å². The number of alkyl halides is 3. The predicted molar refractivity (Wildman–Crippen MR) is 136 cm³/mol. The van der Waals surface area contributed by atoms with Crippen molar-refractivity contribution in [1.82, 2.24) is 10.3 Å². The Balaban J connectivity index is 1.77. The van der Waals surface area contributed by atoms with Crippen molar-refractivity contribution in [3.63, 3.8) is 0 Å². The summed E-state index contributed by atoms with van der Waals surface area (Å²) in [6.07, 6.45) is -6.51. The molecule has 0 aliphatic carbocycles. The van der Waals surface area contributed by atoms with Crippen molar-refractivity contribution in [2.45, 2.75) is 24.1 Å². The van der Waals surface area contributed by atoms with E-state index in [0.717, 1.165) is 43.5 Å². The molecule has 2 heterocycles. The number of fused-ring (bicyclic) bond motifs is 1. The van der Waals surface area contributed by atoms with Gasteiger partial charge in [-0.25, -0.2) is 18.6 Å². The Labute approximate surface area is 234 Å². The normalized spacial score (nSPS) is 17.4. The van der Waals surface area contributed by atoms with Crippen molar-refractivity contribution < 1.29 is 50.9 Å². The molecule has 2 aromatic carbocycles. The van der Waals surface area contributed by atoms with E-state index >= 15 is 0 Å². The summed E-state index contributed by atoms with van der Waals surface area (Å²) in [5.74, 6) is -3.79. The first-order valence-corrected chi connectivity index (χ1v) is 12.1. The molecule has 0 saturated carbocycles. The fraction of sp³-hybridized carbons (Fsp3) is 0.259. The van der Waals surface area contributed by atoms with Gasteiger partial charge in [0.05, 0.1) is 25.0 Å². The summed E-state index contributed by atoms with van der Waals surface area (Å²) in [6.45, 7) is -0.484. The molecule has 1 aliphatic rings. The first-order chi connectivity index (χ1) is 19.6. The largest absolute Gasteiger partial charge is 0.489 e. The lowest BCUT2D eigenvalue weighted by Gasteiger charge is -2.31. The van der Waals surface area contributed by atoms with E-state index in [1.165, 1.54) is 19.1 Å². The summed E-state index contributed by atoms with van der Waals surface area (Å²) in [5, 5.41) is 15.0. The van der Waals surface area contributed by atoms with E-state index in [1.807, 2.05) is 10.6 Å². The van der Waals surface area contributed by atoms with E-state index in [9.17, 15) is 41.4 Å². The number of nitrogens with zero attached hydrogens (tertiary/aromatic N) is 1.